The molecule has 0 spiro atoms. The van der Waals surface area contributed by atoms with Crippen molar-refractivity contribution in [3.63, 3.8) is 0 Å². The third kappa shape index (κ3) is 3.49. The van der Waals surface area contributed by atoms with Gasteiger partial charge in [-0.25, -0.2) is 0 Å². The van der Waals surface area contributed by atoms with Gasteiger partial charge in [0.2, 0.25) is 0 Å². The molecule has 0 aromatic heterocycles. The summed E-state index contributed by atoms with van der Waals surface area (Å²) >= 11 is 0. The van der Waals surface area contributed by atoms with Crippen molar-refractivity contribution in [1.29, 1.82) is 0 Å². The Hall–Kier alpha value is -1.51. The van der Waals surface area contributed by atoms with Crippen molar-refractivity contribution in [1.82, 2.24) is 0 Å². The summed E-state index contributed by atoms with van der Waals surface area (Å²) in [5.41, 5.74) is 2.77. The molecule has 0 saturated heterocycles. The van der Waals surface area contributed by atoms with Gasteiger partial charge in [0.25, 0.3) is 0 Å². The Bertz CT molecular complexity index is 422. The summed E-state index contributed by atoms with van der Waals surface area (Å²) in [6.07, 6.45) is 6.98. The van der Waals surface area contributed by atoms with E-state index in [1.165, 1.54) is 37.5 Å². The first-order chi connectivity index (χ1) is 8.70. The van der Waals surface area contributed by atoms with Gasteiger partial charge in [-0.15, -0.1) is 0 Å². The number of rotatable bonds is 1. The Morgan fingerprint density at radius 3 is 2.44 bits per heavy atom. The van der Waals surface area contributed by atoms with Crippen LogP contribution in [0.1, 0.15) is 36.8 Å². The van der Waals surface area contributed by atoms with Crippen molar-refractivity contribution in [2.24, 2.45) is 5.92 Å². The zero-order valence-corrected chi connectivity index (χ0v) is 10.8. The predicted molar refractivity (Wildman–Crippen MR) is 69.5 cm³/mol. The van der Waals surface area contributed by atoms with Gasteiger partial charge in [0.15, 0.2) is 0 Å². The Balaban J connectivity index is 0.000000149. The fourth-order valence-corrected chi connectivity index (χ4v) is 2.21. The first-order valence-corrected chi connectivity index (χ1v) is 6.59. The summed E-state index contributed by atoms with van der Waals surface area (Å²) in [5.74, 6) is 0.621. The first kappa shape index (κ1) is 12.9. The summed E-state index contributed by atoms with van der Waals surface area (Å²) in [7, 11) is 1.43. The van der Waals surface area contributed by atoms with Gasteiger partial charge in [-0.3, -0.25) is 4.79 Å². The smallest absolute Gasteiger partial charge is 0.308 e. The van der Waals surface area contributed by atoms with Gasteiger partial charge in [-0.05, 0) is 61.8 Å². The highest BCUT2D eigenvalue weighted by molar-refractivity contribution is 5.74. The van der Waals surface area contributed by atoms with E-state index >= 15 is 0 Å². The second-order valence-corrected chi connectivity index (χ2v) is 4.96. The van der Waals surface area contributed by atoms with E-state index in [9.17, 15) is 9.90 Å². The number of hydrogen-bond acceptors (Lipinski definition) is 3. The molecule has 1 aromatic rings. The molecule has 1 saturated carbocycles. The molecule has 0 aliphatic heterocycles. The van der Waals surface area contributed by atoms with E-state index in [4.69, 9.17) is 0 Å². The number of carbonyl (C=O) groups is 1. The molecule has 3 nitrogen and oxygen atoms in total. The molecule has 18 heavy (non-hydrogen) atoms. The monoisotopic (exact) mass is 248 g/mol. The summed E-state index contributed by atoms with van der Waals surface area (Å²) < 4.78 is 4.44. The zero-order chi connectivity index (χ0) is 13.0. The molecule has 0 bridgehead atoms. The lowest BCUT2D eigenvalue weighted by molar-refractivity contribution is -0.142. The molecule has 2 aliphatic carbocycles. The summed E-state index contributed by atoms with van der Waals surface area (Å²) in [6.45, 7) is 0. The fraction of sp³-hybridized carbons (Fsp3) is 0.533. The number of ether oxygens (including phenoxy) is 1. The second kappa shape index (κ2) is 5.89. The van der Waals surface area contributed by atoms with Crippen LogP contribution < -0.4 is 0 Å². The quantitative estimate of drug-likeness (QED) is 0.777. The van der Waals surface area contributed by atoms with Crippen molar-refractivity contribution in [3.05, 3.63) is 29.3 Å². The summed E-state index contributed by atoms with van der Waals surface area (Å²) in [6, 6.07) is 5.72. The Morgan fingerprint density at radius 1 is 1.22 bits per heavy atom. The fourth-order valence-electron chi connectivity index (χ4n) is 2.21. The molecule has 0 atom stereocenters. The van der Waals surface area contributed by atoms with Crippen molar-refractivity contribution >= 4 is 5.97 Å². The van der Waals surface area contributed by atoms with E-state index < -0.39 is 0 Å². The standard InChI is InChI=1S/C10H12O.C5H8O2/c11-10-6-5-8-3-1-2-4-9(8)7-10;1-7-5(6)4-2-3-4/h5-7,11H,1-4H2;4H,2-3H2,1H3. The molecular weight excluding hydrogens is 228 g/mol. The molecule has 98 valence electrons. The van der Waals surface area contributed by atoms with E-state index in [0.717, 1.165) is 19.3 Å². The Labute approximate surface area is 108 Å². The van der Waals surface area contributed by atoms with Crippen LogP contribution in [0.2, 0.25) is 0 Å². The number of phenolic OH excluding ortho intramolecular Hbond substituents is 1. The molecule has 0 unspecified atom stereocenters. The number of aromatic hydroxyl groups is 1. The highest BCUT2D eigenvalue weighted by Crippen LogP contribution is 2.29. The van der Waals surface area contributed by atoms with Crippen LogP contribution in [-0.4, -0.2) is 18.2 Å². The summed E-state index contributed by atoms with van der Waals surface area (Å²) in [5, 5.41) is 9.19. The molecule has 0 amide bonds. The molecule has 0 radical (unpaired) electrons. The zero-order valence-electron chi connectivity index (χ0n) is 10.8. The van der Waals surface area contributed by atoms with E-state index in [0.29, 0.717) is 5.75 Å². The molecule has 0 heterocycles. The number of aryl methyl sites for hydroxylation is 2. The third-order valence-corrected chi connectivity index (χ3v) is 3.44. The summed E-state index contributed by atoms with van der Waals surface area (Å²) in [4.78, 5) is 10.4. The van der Waals surface area contributed by atoms with E-state index in [1.54, 1.807) is 6.07 Å². The second-order valence-electron chi connectivity index (χ2n) is 4.96. The predicted octanol–water partition coefficient (Wildman–Crippen LogP) is 2.84. The van der Waals surface area contributed by atoms with E-state index in [1.807, 2.05) is 12.1 Å². The maximum Gasteiger partial charge on any atom is 0.308 e. The van der Waals surface area contributed by atoms with Crippen molar-refractivity contribution < 1.29 is 14.6 Å². The van der Waals surface area contributed by atoms with Crippen LogP contribution in [0, 0.1) is 5.92 Å². The lowest BCUT2D eigenvalue weighted by Crippen LogP contribution is -2.01. The minimum atomic E-state index is -0.0417. The molecule has 3 rings (SSSR count). The number of hydrogen-bond donors (Lipinski definition) is 1. The number of benzene rings is 1. The van der Waals surface area contributed by atoms with Gasteiger partial charge < -0.3 is 9.84 Å². The van der Waals surface area contributed by atoms with Crippen LogP contribution in [-0.2, 0) is 22.4 Å². The molecule has 1 N–H and O–H groups in total. The number of fused-ring (bicyclic) bond motifs is 1. The van der Waals surface area contributed by atoms with Crippen LogP contribution in [0.25, 0.3) is 0 Å². The molecule has 2 aliphatic rings. The van der Waals surface area contributed by atoms with Crippen molar-refractivity contribution in [2.45, 2.75) is 38.5 Å². The topological polar surface area (TPSA) is 46.5 Å². The average Bonchev–Trinajstić information content (AvgIpc) is 3.23. The maximum absolute atomic E-state index is 10.4. The van der Waals surface area contributed by atoms with Crippen LogP contribution in [0.4, 0.5) is 0 Å². The van der Waals surface area contributed by atoms with E-state index in [2.05, 4.69) is 4.74 Å². The third-order valence-electron chi connectivity index (χ3n) is 3.44. The number of methoxy groups -OCH3 is 1. The first-order valence-electron chi connectivity index (χ1n) is 6.59. The number of esters is 1. The largest absolute Gasteiger partial charge is 0.508 e. The molecule has 1 aromatic carbocycles. The van der Waals surface area contributed by atoms with Gasteiger partial charge in [-0.2, -0.15) is 0 Å². The molecule has 1 fully saturated rings. The molecule has 3 heteroatoms. The van der Waals surface area contributed by atoms with Gasteiger partial charge in [0.1, 0.15) is 5.75 Å². The van der Waals surface area contributed by atoms with Gasteiger partial charge in [0.05, 0.1) is 13.0 Å². The van der Waals surface area contributed by atoms with Crippen molar-refractivity contribution in [3.8, 4) is 5.75 Å². The minimum Gasteiger partial charge on any atom is -0.508 e. The number of phenols is 1. The maximum atomic E-state index is 10.4. The average molecular weight is 248 g/mol. The van der Waals surface area contributed by atoms with Gasteiger partial charge in [-0.1, -0.05) is 6.07 Å². The normalized spacial score (nSPS) is 17.2. The van der Waals surface area contributed by atoms with Gasteiger partial charge in [0, 0.05) is 0 Å². The number of carbonyl (C=O) groups excluding carboxylic acids is 1. The Kier molecular flexibility index (Phi) is 4.24. The van der Waals surface area contributed by atoms with Crippen LogP contribution in [0.15, 0.2) is 18.2 Å². The SMILES string of the molecule is COC(=O)C1CC1.Oc1ccc2c(c1)CCCC2. The van der Waals surface area contributed by atoms with Crippen LogP contribution in [0.3, 0.4) is 0 Å². The van der Waals surface area contributed by atoms with Crippen LogP contribution >= 0.6 is 0 Å². The lowest BCUT2D eigenvalue weighted by Gasteiger charge is -2.14. The van der Waals surface area contributed by atoms with E-state index in [-0.39, 0.29) is 11.9 Å². The van der Waals surface area contributed by atoms with Crippen molar-refractivity contribution in [2.75, 3.05) is 7.11 Å². The minimum absolute atomic E-state index is 0.0417. The highest BCUT2D eigenvalue weighted by Gasteiger charge is 2.30. The highest BCUT2D eigenvalue weighted by atomic mass is 16.5. The Morgan fingerprint density at radius 2 is 1.89 bits per heavy atom. The molecular formula is C15H20O3. The van der Waals surface area contributed by atoms with Gasteiger partial charge >= 0.3 is 5.97 Å². The van der Waals surface area contributed by atoms with Crippen LogP contribution in [0.5, 0.6) is 5.75 Å². The lowest BCUT2D eigenvalue weighted by atomic mass is 9.92.